The Labute approximate surface area is 143 Å². The van der Waals surface area contributed by atoms with Crippen molar-refractivity contribution in [1.29, 1.82) is 0 Å². The van der Waals surface area contributed by atoms with Crippen molar-refractivity contribution in [3.05, 3.63) is 54.1 Å². The van der Waals surface area contributed by atoms with Crippen molar-refractivity contribution in [1.82, 2.24) is 10.6 Å². The fourth-order valence-electron chi connectivity index (χ4n) is 2.99. The van der Waals surface area contributed by atoms with Crippen LogP contribution in [0.15, 0.2) is 48.5 Å². The van der Waals surface area contributed by atoms with Gasteiger partial charge in [0.25, 0.3) is 0 Å². The van der Waals surface area contributed by atoms with E-state index in [1.165, 1.54) is 0 Å². The van der Waals surface area contributed by atoms with Crippen molar-refractivity contribution in [2.75, 3.05) is 13.7 Å². The largest absolute Gasteiger partial charge is 0.497 e. The number of amides is 1. The van der Waals surface area contributed by atoms with Gasteiger partial charge in [0.05, 0.1) is 13.2 Å². The van der Waals surface area contributed by atoms with E-state index < -0.39 is 0 Å². The second-order valence-corrected chi connectivity index (χ2v) is 6.15. The highest BCUT2D eigenvalue weighted by Crippen LogP contribution is 2.22. The summed E-state index contributed by atoms with van der Waals surface area (Å²) in [5.74, 6) is 0.961. The van der Waals surface area contributed by atoms with Gasteiger partial charge < -0.3 is 15.4 Å². The fourth-order valence-corrected chi connectivity index (χ4v) is 2.99. The van der Waals surface area contributed by atoms with E-state index in [4.69, 9.17) is 4.74 Å². The zero-order chi connectivity index (χ0) is 16.8. The second kappa shape index (κ2) is 7.97. The highest BCUT2D eigenvalue weighted by molar-refractivity contribution is 5.81. The van der Waals surface area contributed by atoms with Crippen molar-refractivity contribution in [3.8, 4) is 16.9 Å². The van der Waals surface area contributed by atoms with E-state index in [9.17, 15) is 4.79 Å². The molecule has 1 aliphatic heterocycles. The summed E-state index contributed by atoms with van der Waals surface area (Å²) in [6.45, 7) is 1.51. The highest BCUT2D eigenvalue weighted by Gasteiger charge is 2.19. The van der Waals surface area contributed by atoms with Gasteiger partial charge in [-0.2, -0.15) is 0 Å². The predicted octanol–water partition coefficient (Wildman–Crippen LogP) is 3.12. The maximum atomic E-state index is 12.1. The van der Waals surface area contributed by atoms with E-state index >= 15 is 0 Å². The molecule has 1 aliphatic rings. The monoisotopic (exact) mass is 324 g/mol. The molecule has 0 spiro atoms. The van der Waals surface area contributed by atoms with Crippen molar-refractivity contribution in [2.24, 2.45) is 0 Å². The van der Waals surface area contributed by atoms with Crippen LogP contribution in [0.4, 0.5) is 0 Å². The van der Waals surface area contributed by atoms with Gasteiger partial charge in [0.1, 0.15) is 5.75 Å². The molecule has 0 saturated carbocycles. The number of rotatable bonds is 5. The highest BCUT2D eigenvalue weighted by atomic mass is 16.5. The van der Waals surface area contributed by atoms with E-state index in [0.717, 1.165) is 48.2 Å². The molecule has 1 atom stereocenters. The molecule has 0 aliphatic carbocycles. The lowest BCUT2D eigenvalue weighted by molar-refractivity contribution is -0.123. The molecule has 2 N–H and O–H groups in total. The number of ether oxygens (including phenoxy) is 1. The van der Waals surface area contributed by atoms with Crippen LogP contribution in [0.5, 0.6) is 5.75 Å². The SMILES string of the molecule is COc1ccc(-c2ccc(CNC(=O)C3CCCCN3)cc2)cc1. The lowest BCUT2D eigenvalue weighted by Crippen LogP contribution is -2.46. The first-order valence-corrected chi connectivity index (χ1v) is 8.51. The zero-order valence-electron chi connectivity index (χ0n) is 14.0. The molecule has 1 fully saturated rings. The second-order valence-electron chi connectivity index (χ2n) is 6.15. The lowest BCUT2D eigenvalue weighted by atomic mass is 10.0. The van der Waals surface area contributed by atoms with Gasteiger partial charge >= 0.3 is 0 Å². The van der Waals surface area contributed by atoms with Crippen LogP contribution in [0.3, 0.4) is 0 Å². The summed E-state index contributed by atoms with van der Waals surface area (Å²) in [6, 6.07) is 16.3. The maximum absolute atomic E-state index is 12.1. The first-order chi connectivity index (χ1) is 11.8. The van der Waals surface area contributed by atoms with Crippen molar-refractivity contribution >= 4 is 5.91 Å². The Morgan fingerprint density at radius 2 is 1.75 bits per heavy atom. The van der Waals surface area contributed by atoms with Crippen molar-refractivity contribution in [2.45, 2.75) is 31.8 Å². The van der Waals surface area contributed by atoms with Gasteiger partial charge in [-0.3, -0.25) is 4.79 Å². The molecule has 1 saturated heterocycles. The number of piperidine rings is 1. The van der Waals surface area contributed by atoms with E-state index in [2.05, 4.69) is 34.9 Å². The van der Waals surface area contributed by atoms with Crippen LogP contribution >= 0.6 is 0 Å². The van der Waals surface area contributed by atoms with Gasteiger partial charge in [0.2, 0.25) is 5.91 Å². The number of hydrogen-bond donors (Lipinski definition) is 2. The summed E-state index contributed by atoms with van der Waals surface area (Å²) in [7, 11) is 1.67. The van der Waals surface area contributed by atoms with E-state index in [1.807, 2.05) is 24.3 Å². The van der Waals surface area contributed by atoms with E-state index in [0.29, 0.717) is 6.54 Å². The third-order valence-electron chi connectivity index (χ3n) is 4.47. The minimum atomic E-state index is -0.0303. The number of carbonyl (C=O) groups excluding carboxylic acids is 1. The van der Waals surface area contributed by atoms with Crippen molar-refractivity contribution in [3.63, 3.8) is 0 Å². The molecule has 3 rings (SSSR count). The van der Waals surface area contributed by atoms with Crippen molar-refractivity contribution < 1.29 is 9.53 Å². The molecule has 1 heterocycles. The van der Waals surface area contributed by atoms with Crippen LogP contribution in [0.25, 0.3) is 11.1 Å². The smallest absolute Gasteiger partial charge is 0.237 e. The first kappa shape index (κ1) is 16.5. The summed E-state index contributed by atoms with van der Waals surface area (Å²) in [5, 5.41) is 6.30. The molecular weight excluding hydrogens is 300 g/mol. The van der Waals surface area contributed by atoms with Gasteiger partial charge in [0.15, 0.2) is 0 Å². The average Bonchev–Trinajstić information content (AvgIpc) is 2.67. The standard InChI is InChI=1S/C20H24N2O2/c1-24-18-11-9-17(10-12-18)16-7-5-15(6-8-16)14-22-20(23)19-4-2-3-13-21-19/h5-12,19,21H,2-4,13-14H2,1H3,(H,22,23). The molecule has 4 heteroatoms. The first-order valence-electron chi connectivity index (χ1n) is 8.51. The van der Waals surface area contributed by atoms with Gasteiger partial charge in [0, 0.05) is 6.54 Å². The summed E-state index contributed by atoms with van der Waals surface area (Å²) < 4.78 is 5.18. The maximum Gasteiger partial charge on any atom is 0.237 e. The molecule has 4 nitrogen and oxygen atoms in total. The lowest BCUT2D eigenvalue weighted by Gasteiger charge is -2.22. The van der Waals surface area contributed by atoms with Crippen LogP contribution in [-0.2, 0) is 11.3 Å². The molecule has 24 heavy (non-hydrogen) atoms. The van der Waals surface area contributed by atoms with E-state index in [-0.39, 0.29) is 11.9 Å². The summed E-state index contributed by atoms with van der Waals surface area (Å²) in [5.41, 5.74) is 3.41. The number of hydrogen-bond acceptors (Lipinski definition) is 3. The quantitative estimate of drug-likeness (QED) is 0.888. The third kappa shape index (κ3) is 4.15. The van der Waals surface area contributed by atoms with Crippen LogP contribution in [0, 0.1) is 0 Å². The molecule has 1 unspecified atom stereocenters. The Hall–Kier alpha value is -2.33. The molecule has 1 amide bonds. The molecule has 0 aromatic heterocycles. The van der Waals surface area contributed by atoms with Crippen LogP contribution < -0.4 is 15.4 Å². The molecule has 2 aromatic carbocycles. The fraction of sp³-hybridized carbons (Fsp3) is 0.350. The van der Waals surface area contributed by atoms with E-state index in [1.54, 1.807) is 7.11 Å². The zero-order valence-corrected chi connectivity index (χ0v) is 14.0. The minimum Gasteiger partial charge on any atom is -0.497 e. The Morgan fingerprint density at radius 3 is 2.33 bits per heavy atom. The molecule has 126 valence electrons. The molecule has 0 radical (unpaired) electrons. The van der Waals surface area contributed by atoms with Gasteiger partial charge in [-0.1, -0.05) is 42.8 Å². The van der Waals surface area contributed by atoms with Gasteiger partial charge in [-0.15, -0.1) is 0 Å². The summed E-state index contributed by atoms with van der Waals surface area (Å²) >= 11 is 0. The van der Waals surface area contributed by atoms with Crippen LogP contribution in [0.1, 0.15) is 24.8 Å². The van der Waals surface area contributed by atoms with Gasteiger partial charge in [-0.25, -0.2) is 0 Å². The number of carbonyl (C=O) groups is 1. The Balaban J connectivity index is 1.56. The Morgan fingerprint density at radius 1 is 1.08 bits per heavy atom. The third-order valence-corrected chi connectivity index (χ3v) is 4.47. The number of methoxy groups -OCH3 is 1. The van der Waals surface area contributed by atoms with Crippen LogP contribution in [0.2, 0.25) is 0 Å². The number of nitrogens with one attached hydrogen (secondary N) is 2. The number of benzene rings is 2. The minimum absolute atomic E-state index is 0.0303. The topological polar surface area (TPSA) is 50.4 Å². The van der Waals surface area contributed by atoms with Gasteiger partial charge in [-0.05, 0) is 48.2 Å². The Kier molecular flexibility index (Phi) is 5.49. The molecular formula is C20H24N2O2. The summed E-state index contributed by atoms with van der Waals surface area (Å²) in [4.78, 5) is 12.1. The normalized spacial score (nSPS) is 17.3. The molecule has 0 bridgehead atoms. The predicted molar refractivity (Wildman–Crippen MR) is 95.9 cm³/mol. The van der Waals surface area contributed by atoms with Crippen LogP contribution in [-0.4, -0.2) is 25.6 Å². The molecule has 2 aromatic rings. The average molecular weight is 324 g/mol. The summed E-state index contributed by atoms with van der Waals surface area (Å²) in [6.07, 6.45) is 3.22. The Bertz CT molecular complexity index is 659.